The molecule has 0 aromatic heterocycles. The van der Waals surface area contributed by atoms with Crippen LogP contribution in [0.25, 0.3) is 0 Å². The van der Waals surface area contributed by atoms with Gasteiger partial charge in [-0.25, -0.2) is 12.8 Å². The summed E-state index contributed by atoms with van der Waals surface area (Å²) in [5.41, 5.74) is 2.24. The molecule has 0 unspecified atom stereocenters. The lowest BCUT2D eigenvalue weighted by Crippen LogP contribution is -2.45. The minimum Gasteiger partial charge on any atom is -0.346 e. The van der Waals surface area contributed by atoms with E-state index in [1.807, 2.05) is 19.1 Å². The third kappa shape index (κ3) is 4.94. The molecular formula is C22H26FN3O4S. The monoisotopic (exact) mass is 447 g/mol. The Labute approximate surface area is 181 Å². The first-order valence-electron chi connectivity index (χ1n) is 10.0. The molecule has 1 aliphatic heterocycles. The van der Waals surface area contributed by atoms with Crippen molar-refractivity contribution in [1.82, 2.24) is 9.62 Å². The summed E-state index contributed by atoms with van der Waals surface area (Å²) in [4.78, 5) is 24.5. The molecule has 0 bridgehead atoms. The van der Waals surface area contributed by atoms with Crippen LogP contribution in [0.2, 0.25) is 0 Å². The molecule has 166 valence electrons. The molecule has 2 amide bonds. The second-order valence-electron chi connectivity index (χ2n) is 7.78. The van der Waals surface area contributed by atoms with E-state index in [1.54, 1.807) is 13.8 Å². The van der Waals surface area contributed by atoms with Gasteiger partial charge in [-0.1, -0.05) is 29.8 Å². The van der Waals surface area contributed by atoms with Crippen molar-refractivity contribution in [3.05, 3.63) is 58.9 Å². The molecule has 0 saturated carbocycles. The molecule has 3 rings (SSSR count). The minimum absolute atomic E-state index is 0.00723. The van der Waals surface area contributed by atoms with Crippen LogP contribution in [0, 0.1) is 26.6 Å². The fourth-order valence-electron chi connectivity index (χ4n) is 4.05. The minimum atomic E-state index is -3.76. The summed E-state index contributed by atoms with van der Waals surface area (Å²) in [5, 5.41) is 4.69. The Hall–Kier alpha value is -2.78. The average molecular weight is 448 g/mol. The van der Waals surface area contributed by atoms with E-state index in [-0.39, 0.29) is 17.1 Å². The molecule has 1 atom stereocenters. The number of rotatable bonds is 5. The Morgan fingerprint density at radius 1 is 1.10 bits per heavy atom. The van der Waals surface area contributed by atoms with E-state index in [9.17, 15) is 22.4 Å². The van der Waals surface area contributed by atoms with Gasteiger partial charge in [0.1, 0.15) is 5.82 Å². The smallest absolute Gasteiger partial charge is 0.313 e. The highest BCUT2D eigenvalue weighted by atomic mass is 32.2. The van der Waals surface area contributed by atoms with Gasteiger partial charge in [0.05, 0.1) is 10.6 Å². The lowest BCUT2D eigenvalue weighted by molar-refractivity contribution is -0.136. The summed E-state index contributed by atoms with van der Waals surface area (Å²) in [6.45, 7) is 5.79. The Morgan fingerprint density at radius 3 is 2.39 bits per heavy atom. The van der Waals surface area contributed by atoms with E-state index in [2.05, 4.69) is 10.6 Å². The normalized spacial score (nSPS) is 16.8. The van der Waals surface area contributed by atoms with Gasteiger partial charge in [0, 0.05) is 19.1 Å². The highest BCUT2D eigenvalue weighted by molar-refractivity contribution is 7.89. The largest absolute Gasteiger partial charge is 0.346 e. The molecule has 1 saturated heterocycles. The summed E-state index contributed by atoms with van der Waals surface area (Å²) >= 11 is 0. The lowest BCUT2D eigenvalue weighted by atomic mass is 10.1. The fourth-order valence-corrected chi connectivity index (χ4v) is 6.16. The zero-order valence-electron chi connectivity index (χ0n) is 17.7. The summed E-state index contributed by atoms with van der Waals surface area (Å²) in [5.74, 6) is -2.61. The Kier molecular flexibility index (Phi) is 6.76. The molecule has 0 spiro atoms. The van der Waals surface area contributed by atoms with Gasteiger partial charge in [0.15, 0.2) is 0 Å². The summed E-state index contributed by atoms with van der Waals surface area (Å²) in [6, 6.07) is 8.72. The summed E-state index contributed by atoms with van der Waals surface area (Å²) in [7, 11) is -3.76. The number of sulfonamides is 1. The highest BCUT2D eigenvalue weighted by Gasteiger charge is 2.37. The number of anilines is 1. The van der Waals surface area contributed by atoms with Crippen molar-refractivity contribution in [3.63, 3.8) is 0 Å². The molecule has 9 heteroatoms. The van der Waals surface area contributed by atoms with Crippen molar-refractivity contribution in [3.8, 4) is 0 Å². The van der Waals surface area contributed by atoms with Crippen molar-refractivity contribution >= 4 is 27.5 Å². The molecule has 0 radical (unpaired) electrons. The van der Waals surface area contributed by atoms with Crippen LogP contribution < -0.4 is 10.6 Å². The number of hydrogen-bond acceptors (Lipinski definition) is 4. The van der Waals surface area contributed by atoms with Gasteiger partial charge >= 0.3 is 11.8 Å². The molecule has 2 N–H and O–H groups in total. The maximum atomic E-state index is 13.7. The number of hydrogen-bond donors (Lipinski definition) is 2. The predicted octanol–water partition coefficient (Wildman–Crippen LogP) is 2.66. The third-order valence-corrected chi connectivity index (χ3v) is 7.58. The topological polar surface area (TPSA) is 95.6 Å². The number of carbonyl (C=O) groups is 2. The SMILES string of the molecule is Cc1cc(C)c(S(=O)(=O)N2CCC[C@H]2CNC(=O)C(=O)Nc2ccccc2F)c(C)c1. The van der Waals surface area contributed by atoms with Gasteiger partial charge in [-0.05, 0) is 56.9 Å². The molecule has 2 aromatic rings. The Morgan fingerprint density at radius 2 is 1.74 bits per heavy atom. The van der Waals surface area contributed by atoms with Gasteiger partial charge in [0.25, 0.3) is 0 Å². The fraction of sp³-hybridized carbons (Fsp3) is 0.364. The van der Waals surface area contributed by atoms with E-state index < -0.39 is 33.7 Å². The van der Waals surface area contributed by atoms with Gasteiger partial charge in [-0.15, -0.1) is 0 Å². The first-order valence-corrected chi connectivity index (χ1v) is 11.5. The predicted molar refractivity (Wildman–Crippen MR) is 116 cm³/mol. The van der Waals surface area contributed by atoms with Crippen molar-refractivity contribution in [2.75, 3.05) is 18.4 Å². The Bertz CT molecular complexity index is 1090. The number of halogens is 1. The second-order valence-corrected chi connectivity index (χ2v) is 9.61. The van der Waals surface area contributed by atoms with E-state index in [1.165, 1.54) is 28.6 Å². The van der Waals surface area contributed by atoms with E-state index in [0.29, 0.717) is 30.5 Å². The molecule has 2 aromatic carbocycles. The van der Waals surface area contributed by atoms with Crippen molar-refractivity contribution in [2.24, 2.45) is 0 Å². The first-order chi connectivity index (χ1) is 14.6. The molecule has 7 nitrogen and oxygen atoms in total. The van der Waals surface area contributed by atoms with Crippen molar-refractivity contribution in [1.29, 1.82) is 0 Å². The maximum Gasteiger partial charge on any atom is 0.313 e. The van der Waals surface area contributed by atoms with Crippen molar-refractivity contribution < 1.29 is 22.4 Å². The first kappa shape index (κ1) is 22.9. The Balaban J connectivity index is 1.69. The maximum absolute atomic E-state index is 13.7. The number of nitrogens with zero attached hydrogens (tertiary/aromatic N) is 1. The zero-order valence-corrected chi connectivity index (χ0v) is 18.6. The molecule has 1 heterocycles. The summed E-state index contributed by atoms with van der Waals surface area (Å²) in [6.07, 6.45) is 1.23. The molecular weight excluding hydrogens is 421 g/mol. The number of aryl methyl sites for hydroxylation is 3. The molecule has 31 heavy (non-hydrogen) atoms. The second kappa shape index (κ2) is 9.15. The molecule has 1 aliphatic rings. The quantitative estimate of drug-likeness (QED) is 0.689. The standard InChI is InChI=1S/C22H26FN3O4S/c1-14-11-15(2)20(16(3)12-14)31(29,30)26-10-6-7-17(26)13-24-21(27)22(28)25-19-9-5-4-8-18(19)23/h4-5,8-9,11-12,17H,6-7,10,13H2,1-3H3,(H,24,27)(H,25,28)/t17-/m0/s1. The van der Waals surface area contributed by atoms with Crippen LogP contribution >= 0.6 is 0 Å². The summed E-state index contributed by atoms with van der Waals surface area (Å²) < 4.78 is 41.7. The number of benzene rings is 2. The number of para-hydroxylation sites is 1. The van der Waals surface area contributed by atoms with Crippen LogP contribution in [0.5, 0.6) is 0 Å². The van der Waals surface area contributed by atoms with Crippen LogP contribution in [0.15, 0.2) is 41.3 Å². The van der Waals surface area contributed by atoms with E-state index >= 15 is 0 Å². The van der Waals surface area contributed by atoms with Gasteiger partial charge in [-0.3, -0.25) is 9.59 Å². The van der Waals surface area contributed by atoms with Gasteiger partial charge in [-0.2, -0.15) is 4.31 Å². The van der Waals surface area contributed by atoms with Crippen LogP contribution in [-0.2, 0) is 19.6 Å². The van der Waals surface area contributed by atoms with Crippen LogP contribution in [-0.4, -0.2) is 43.7 Å². The number of amides is 2. The van der Waals surface area contributed by atoms with Crippen molar-refractivity contribution in [2.45, 2.75) is 44.6 Å². The number of carbonyl (C=O) groups excluding carboxylic acids is 2. The van der Waals surface area contributed by atoms with Crippen LogP contribution in [0.1, 0.15) is 29.5 Å². The van der Waals surface area contributed by atoms with Crippen LogP contribution in [0.3, 0.4) is 0 Å². The lowest BCUT2D eigenvalue weighted by Gasteiger charge is -2.26. The van der Waals surface area contributed by atoms with E-state index in [4.69, 9.17) is 0 Å². The van der Waals surface area contributed by atoms with E-state index in [0.717, 1.165) is 5.56 Å². The van der Waals surface area contributed by atoms with Gasteiger partial charge in [0.2, 0.25) is 10.0 Å². The number of nitrogens with one attached hydrogen (secondary N) is 2. The third-order valence-electron chi connectivity index (χ3n) is 5.32. The molecule has 0 aliphatic carbocycles. The average Bonchev–Trinajstić information content (AvgIpc) is 3.16. The molecule has 1 fully saturated rings. The zero-order chi connectivity index (χ0) is 22.8. The van der Waals surface area contributed by atoms with Gasteiger partial charge < -0.3 is 10.6 Å². The highest BCUT2D eigenvalue weighted by Crippen LogP contribution is 2.30. The van der Waals surface area contributed by atoms with Crippen LogP contribution in [0.4, 0.5) is 10.1 Å².